The Morgan fingerprint density at radius 1 is 1.63 bits per heavy atom. The second kappa shape index (κ2) is 5.30. The normalized spacial score (nSPS) is 30.9. The van der Waals surface area contributed by atoms with Gasteiger partial charge in [0.05, 0.1) is 5.70 Å². The number of ether oxygens (including phenoxy) is 4. The maximum Gasteiger partial charge on any atom is 0.411 e. The van der Waals surface area contributed by atoms with Crippen molar-refractivity contribution in [3.05, 3.63) is 24.4 Å². The number of aliphatic hydroxyl groups is 1. The van der Waals surface area contributed by atoms with Gasteiger partial charge >= 0.3 is 6.09 Å². The lowest BCUT2D eigenvalue weighted by Crippen LogP contribution is -2.52. The van der Waals surface area contributed by atoms with Gasteiger partial charge in [-0.3, -0.25) is 5.32 Å². The minimum absolute atomic E-state index is 0.0805. The van der Waals surface area contributed by atoms with Crippen molar-refractivity contribution >= 4 is 6.09 Å². The van der Waals surface area contributed by atoms with Crippen LogP contribution in [0, 0.1) is 0 Å². The molecule has 1 aliphatic heterocycles. The molecule has 0 bridgehead atoms. The summed E-state index contributed by atoms with van der Waals surface area (Å²) >= 11 is 0. The Morgan fingerprint density at radius 2 is 2.32 bits per heavy atom. The van der Waals surface area contributed by atoms with Crippen molar-refractivity contribution in [2.24, 2.45) is 0 Å². The number of hydrogen-bond donors (Lipinski definition) is 2. The number of hydrogen-bond acceptors (Lipinski definition) is 6. The molecule has 1 saturated heterocycles. The molecule has 0 aromatic heterocycles. The monoisotopic (exact) mass is 271 g/mol. The zero-order valence-electron chi connectivity index (χ0n) is 10.8. The second-order valence-corrected chi connectivity index (χ2v) is 4.18. The van der Waals surface area contributed by atoms with Crippen molar-refractivity contribution in [2.75, 3.05) is 20.8 Å². The van der Waals surface area contributed by atoms with E-state index in [0.717, 1.165) is 0 Å². The Balaban J connectivity index is 2.15. The zero-order valence-corrected chi connectivity index (χ0v) is 10.8. The van der Waals surface area contributed by atoms with Gasteiger partial charge in [-0.25, -0.2) is 4.79 Å². The molecular formula is C12H17NO6. The van der Waals surface area contributed by atoms with Crippen molar-refractivity contribution in [3.8, 4) is 0 Å². The fourth-order valence-electron chi connectivity index (χ4n) is 2.17. The Morgan fingerprint density at radius 3 is 2.89 bits per heavy atom. The molecular weight excluding hydrogens is 254 g/mol. The maximum absolute atomic E-state index is 11.6. The van der Waals surface area contributed by atoms with E-state index >= 15 is 0 Å². The Labute approximate surface area is 110 Å². The van der Waals surface area contributed by atoms with Gasteiger partial charge in [0, 0.05) is 14.2 Å². The first-order valence-electron chi connectivity index (χ1n) is 5.80. The first-order chi connectivity index (χ1) is 9.08. The van der Waals surface area contributed by atoms with Crippen LogP contribution in [0.4, 0.5) is 4.79 Å². The Kier molecular flexibility index (Phi) is 3.91. The molecule has 0 unspecified atom stereocenters. The van der Waals surface area contributed by atoms with E-state index in [2.05, 4.69) is 11.9 Å². The molecule has 1 amide bonds. The van der Waals surface area contributed by atoms with Gasteiger partial charge in [0.25, 0.3) is 0 Å². The summed E-state index contributed by atoms with van der Waals surface area (Å²) < 4.78 is 20.8. The number of epoxide rings is 1. The molecule has 1 aliphatic carbocycles. The van der Waals surface area contributed by atoms with Gasteiger partial charge in [0.2, 0.25) is 5.79 Å². The summed E-state index contributed by atoms with van der Waals surface area (Å²) in [4.78, 5) is 11.6. The lowest BCUT2D eigenvalue weighted by molar-refractivity contribution is -0.195. The van der Waals surface area contributed by atoms with Crippen LogP contribution in [0.2, 0.25) is 0 Å². The summed E-state index contributed by atoms with van der Waals surface area (Å²) in [5.74, 6) is -1.24. The second-order valence-electron chi connectivity index (χ2n) is 4.18. The van der Waals surface area contributed by atoms with Crippen LogP contribution in [0.15, 0.2) is 24.4 Å². The van der Waals surface area contributed by atoms with E-state index in [1.54, 1.807) is 0 Å². The minimum Gasteiger partial charge on any atom is -0.445 e. The quantitative estimate of drug-likeness (QED) is 0.413. The van der Waals surface area contributed by atoms with Crippen LogP contribution in [-0.2, 0) is 18.9 Å². The number of rotatable bonds is 5. The van der Waals surface area contributed by atoms with Gasteiger partial charge in [0.1, 0.15) is 24.9 Å². The molecule has 1 fully saturated rings. The van der Waals surface area contributed by atoms with Crippen molar-refractivity contribution in [3.63, 3.8) is 0 Å². The molecule has 0 aromatic carbocycles. The molecule has 2 rings (SSSR count). The Hall–Kier alpha value is -1.41. The van der Waals surface area contributed by atoms with Crippen LogP contribution in [0.5, 0.6) is 0 Å². The highest BCUT2D eigenvalue weighted by atomic mass is 16.7. The van der Waals surface area contributed by atoms with Crippen molar-refractivity contribution in [1.29, 1.82) is 0 Å². The van der Waals surface area contributed by atoms with Gasteiger partial charge in [-0.15, -0.1) is 0 Å². The van der Waals surface area contributed by atoms with E-state index in [0.29, 0.717) is 0 Å². The van der Waals surface area contributed by atoms with Crippen LogP contribution in [-0.4, -0.2) is 56.1 Å². The number of carbonyl (C=O) groups is 1. The first kappa shape index (κ1) is 14.0. The lowest BCUT2D eigenvalue weighted by Gasteiger charge is -2.34. The summed E-state index contributed by atoms with van der Waals surface area (Å²) in [6.45, 7) is 3.52. The first-order valence-corrected chi connectivity index (χ1v) is 5.80. The van der Waals surface area contributed by atoms with Crippen molar-refractivity contribution < 1.29 is 28.8 Å². The topological polar surface area (TPSA) is 89.6 Å². The summed E-state index contributed by atoms with van der Waals surface area (Å²) in [6, 6.07) is 0. The fourth-order valence-corrected chi connectivity index (χ4v) is 2.17. The molecule has 19 heavy (non-hydrogen) atoms. The van der Waals surface area contributed by atoms with E-state index in [9.17, 15) is 9.90 Å². The predicted octanol–water partition coefficient (Wildman–Crippen LogP) is -0.0865. The highest BCUT2D eigenvalue weighted by Gasteiger charge is 2.64. The molecule has 0 saturated carbocycles. The molecule has 7 nitrogen and oxygen atoms in total. The van der Waals surface area contributed by atoms with E-state index in [1.165, 1.54) is 26.4 Å². The number of fused-ring (bicyclic) bond motifs is 1. The van der Waals surface area contributed by atoms with Crippen molar-refractivity contribution in [1.82, 2.24) is 5.32 Å². The van der Waals surface area contributed by atoms with Crippen LogP contribution in [0.1, 0.15) is 0 Å². The molecule has 1 heterocycles. The number of aliphatic hydroxyl groups excluding tert-OH is 1. The summed E-state index contributed by atoms with van der Waals surface area (Å²) in [6.07, 6.45) is 0.529. The van der Waals surface area contributed by atoms with Gasteiger partial charge in [0.15, 0.2) is 0 Å². The SMILES string of the molecule is C=CCOC(=O)NC1=C[C@H](O)[C@@H]2O[C@@H]2C1(OC)OC. The van der Waals surface area contributed by atoms with Gasteiger partial charge in [-0.05, 0) is 6.08 Å². The number of nitrogens with one attached hydrogen (secondary N) is 1. The number of amides is 1. The van der Waals surface area contributed by atoms with Crippen LogP contribution in [0.25, 0.3) is 0 Å². The van der Waals surface area contributed by atoms with E-state index in [4.69, 9.17) is 18.9 Å². The number of alkyl carbamates (subject to hydrolysis) is 1. The van der Waals surface area contributed by atoms with Crippen LogP contribution >= 0.6 is 0 Å². The maximum atomic E-state index is 11.6. The third-order valence-electron chi connectivity index (χ3n) is 3.13. The van der Waals surface area contributed by atoms with E-state index in [1.807, 2.05) is 0 Å². The van der Waals surface area contributed by atoms with Crippen LogP contribution < -0.4 is 5.32 Å². The highest BCUT2D eigenvalue weighted by molar-refractivity contribution is 5.70. The van der Waals surface area contributed by atoms with Crippen LogP contribution in [0.3, 0.4) is 0 Å². The average molecular weight is 271 g/mol. The predicted molar refractivity (Wildman–Crippen MR) is 64.2 cm³/mol. The third-order valence-corrected chi connectivity index (χ3v) is 3.13. The fraction of sp³-hybridized carbons (Fsp3) is 0.583. The van der Waals surface area contributed by atoms with Gasteiger partial charge < -0.3 is 24.1 Å². The third kappa shape index (κ3) is 2.37. The summed E-state index contributed by atoms with van der Waals surface area (Å²) in [5.41, 5.74) is 0.262. The summed E-state index contributed by atoms with van der Waals surface area (Å²) in [7, 11) is 2.87. The molecule has 2 aliphatic rings. The number of carbonyl (C=O) groups excluding carboxylic acids is 1. The van der Waals surface area contributed by atoms with E-state index < -0.39 is 24.1 Å². The molecule has 0 aromatic rings. The molecule has 0 radical (unpaired) electrons. The Bertz CT molecular complexity index is 403. The van der Waals surface area contributed by atoms with E-state index in [-0.39, 0.29) is 18.4 Å². The van der Waals surface area contributed by atoms with Crippen molar-refractivity contribution in [2.45, 2.75) is 24.1 Å². The summed E-state index contributed by atoms with van der Waals surface area (Å²) in [5, 5.41) is 12.3. The molecule has 2 N–H and O–H groups in total. The number of methoxy groups -OCH3 is 2. The largest absolute Gasteiger partial charge is 0.445 e. The molecule has 3 atom stereocenters. The molecule has 106 valence electrons. The zero-order chi connectivity index (χ0) is 14.0. The highest BCUT2D eigenvalue weighted by Crippen LogP contribution is 2.45. The standard InChI is InChI=1S/C12H17NO6/c1-4-5-18-11(15)13-8-6-7(14)9-10(19-9)12(8,16-2)17-3/h4,6-7,9-10,14H,1,5H2,2-3H3,(H,13,15)/t7-,9-,10-/m0/s1. The molecule has 7 heteroatoms. The minimum atomic E-state index is -1.24. The van der Waals surface area contributed by atoms with Gasteiger partial charge in [-0.1, -0.05) is 12.7 Å². The van der Waals surface area contributed by atoms with Gasteiger partial charge in [-0.2, -0.15) is 0 Å². The lowest BCUT2D eigenvalue weighted by atomic mass is 9.95. The molecule has 0 spiro atoms. The average Bonchev–Trinajstić information content (AvgIpc) is 3.19. The smallest absolute Gasteiger partial charge is 0.411 e.